The number of aromatic nitrogens is 1. The molecule has 0 bridgehead atoms. The van der Waals surface area contributed by atoms with E-state index in [1.807, 2.05) is 5.32 Å². The van der Waals surface area contributed by atoms with E-state index in [2.05, 4.69) is 16.8 Å². The third-order valence-electron chi connectivity index (χ3n) is 4.53. The molecule has 2 heterocycles. The standard InChI is InChI=1S/C17H20FN3O3S/c1-2-21-7-5-17(24,6-8-21)15-19-10-14(25-15)11-3-4-13(12(18)9-11)20-16(22)23/h3-4,9-10,20,24H,2,5-8H2,1H3,(H,22,23). The predicted molar refractivity (Wildman–Crippen MR) is 94.4 cm³/mol. The molecule has 3 rings (SSSR count). The molecule has 1 fully saturated rings. The van der Waals surface area contributed by atoms with Gasteiger partial charge in [-0.15, -0.1) is 11.3 Å². The Balaban J connectivity index is 1.80. The predicted octanol–water partition coefficient (Wildman–Crippen LogP) is 3.34. The molecule has 8 heteroatoms. The normalized spacial score (nSPS) is 17.4. The van der Waals surface area contributed by atoms with Crippen molar-refractivity contribution in [3.8, 4) is 10.4 Å². The molecule has 1 amide bonds. The molecular formula is C17H20FN3O3S. The van der Waals surface area contributed by atoms with E-state index in [-0.39, 0.29) is 5.69 Å². The SMILES string of the molecule is CCN1CCC(O)(c2ncc(-c3ccc(NC(=O)O)c(F)c3)s2)CC1. The van der Waals surface area contributed by atoms with Crippen LogP contribution in [-0.2, 0) is 5.60 Å². The topological polar surface area (TPSA) is 85.7 Å². The van der Waals surface area contributed by atoms with Gasteiger partial charge in [-0.05, 0) is 37.1 Å². The van der Waals surface area contributed by atoms with Crippen LogP contribution in [0.5, 0.6) is 0 Å². The number of amides is 1. The van der Waals surface area contributed by atoms with Gasteiger partial charge in [-0.25, -0.2) is 14.2 Å². The van der Waals surface area contributed by atoms with E-state index in [0.29, 0.717) is 23.4 Å². The maximum Gasteiger partial charge on any atom is 0.409 e. The fourth-order valence-corrected chi connectivity index (χ4v) is 4.02. The lowest BCUT2D eigenvalue weighted by Crippen LogP contribution is -2.42. The number of piperidine rings is 1. The molecule has 1 aromatic heterocycles. The number of hydrogen-bond acceptors (Lipinski definition) is 5. The number of rotatable bonds is 4. The quantitative estimate of drug-likeness (QED) is 0.774. The zero-order valence-corrected chi connectivity index (χ0v) is 14.6. The smallest absolute Gasteiger partial charge is 0.409 e. The van der Waals surface area contributed by atoms with Crippen LogP contribution in [0.25, 0.3) is 10.4 Å². The van der Waals surface area contributed by atoms with Gasteiger partial charge < -0.3 is 15.1 Å². The Bertz CT molecular complexity index is 772. The summed E-state index contributed by atoms with van der Waals surface area (Å²) >= 11 is 1.35. The highest BCUT2D eigenvalue weighted by molar-refractivity contribution is 7.15. The van der Waals surface area contributed by atoms with Gasteiger partial charge >= 0.3 is 6.09 Å². The number of carbonyl (C=O) groups is 1. The van der Waals surface area contributed by atoms with E-state index in [0.717, 1.165) is 24.5 Å². The lowest BCUT2D eigenvalue weighted by atomic mass is 9.92. The zero-order valence-electron chi connectivity index (χ0n) is 13.8. The van der Waals surface area contributed by atoms with Crippen LogP contribution in [0.3, 0.4) is 0 Å². The van der Waals surface area contributed by atoms with Crippen LogP contribution >= 0.6 is 11.3 Å². The highest BCUT2D eigenvalue weighted by Crippen LogP contribution is 2.38. The van der Waals surface area contributed by atoms with Gasteiger partial charge in [0.05, 0.1) is 10.6 Å². The molecule has 2 aromatic rings. The van der Waals surface area contributed by atoms with Gasteiger partial charge in [-0.3, -0.25) is 5.32 Å². The summed E-state index contributed by atoms with van der Waals surface area (Å²) < 4.78 is 14.0. The number of halogens is 1. The third kappa shape index (κ3) is 3.81. The molecule has 1 aliphatic heterocycles. The Hall–Kier alpha value is -2.03. The van der Waals surface area contributed by atoms with Crippen LogP contribution in [-0.4, -0.2) is 45.8 Å². The molecule has 1 aromatic carbocycles. The van der Waals surface area contributed by atoms with Crippen LogP contribution < -0.4 is 5.32 Å². The number of benzene rings is 1. The number of nitrogens with zero attached hydrogens (tertiary/aromatic N) is 2. The number of anilines is 1. The minimum atomic E-state index is -1.31. The second-order valence-electron chi connectivity index (χ2n) is 6.12. The number of carboxylic acid groups (broad SMARTS) is 1. The molecule has 1 aliphatic rings. The summed E-state index contributed by atoms with van der Waals surface area (Å²) in [6.07, 6.45) is 1.57. The highest BCUT2D eigenvalue weighted by Gasteiger charge is 2.36. The molecule has 25 heavy (non-hydrogen) atoms. The lowest BCUT2D eigenvalue weighted by molar-refractivity contribution is -0.0248. The van der Waals surface area contributed by atoms with Crippen LogP contribution in [0, 0.1) is 5.82 Å². The van der Waals surface area contributed by atoms with Crippen LogP contribution in [0.1, 0.15) is 24.8 Å². The van der Waals surface area contributed by atoms with Crippen LogP contribution in [0.4, 0.5) is 14.9 Å². The molecule has 0 saturated carbocycles. The summed E-state index contributed by atoms with van der Waals surface area (Å²) in [5.74, 6) is -0.648. The summed E-state index contributed by atoms with van der Waals surface area (Å²) in [5, 5.41) is 22.2. The molecule has 134 valence electrons. The van der Waals surface area contributed by atoms with Crippen LogP contribution in [0.15, 0.2) is 24.4 Å². The molecule has 0 spiro atoms. The fourth-order valence-electron chi connectivity index (χ4n) is 2.96. The molecular weight excluding hydrogens is 345 g/mol. The van der Waals surface area contributed by atoms with Gasteiger partial charge in [0, 0.05) is 19.3 Å². The van der Waals surface area contributed by atoms with Gasteiger partial charge in [0.15, 0.2) is 0 Å². The summed E-state index contributed by atoms with van der Waals surface area (Å²) in [6.45, 7) is 4.72. The largest absolute Gasteiger partial charge is 0.465 e. The van der Waals surface area contributed by atoms with Gasteiger partial charge in [-0.1, -0.05) is 13.0 Å². The van der Waals surface area contributed by atoms with E-state index in [4.69, 9.17) is 5.11 Å². The van der Waals surface area contributed by atoms with Crippen molar-refractivity contribution < 1.29 is 19.4 Å². The second-order valence-corrected chi connectivity index (χ2v) is 7.15. The maximum atomic E-state index is 14.0. The van der Waals surface area contributed by atoms with Crippen molar-refractivity contribution in [3.05, 3.63) is 35.2 Å². The highest BCUT2D eigenvalue weighted by atomic mass is 32.1. The number of aliphatic hydroxyl groups is 1. The molecule has 1 saturated heterocycles. The Morgan fingerprint density at radius 3 is 2.76 bits per heavy atom. The van der Waals surface area contributed by atoms with E-state index in [1.165, 1.54) is 23.5 Å². The Morgan fingerprint density at radius 1 is 1.44 bits per heavy atom. The van der Waals surface area contributed by atoms with Crippen molar-refractivity contribution in [3.63, 3.8) is 0 Å². The van der Waals surface area contributed by atoms with Crippen molar-refractivity contribution >= 4 is 23.1 Å². The van der Waals surface area contributed by atoms with Crippen LogP contribution in [0.2, 0.25) is 0 Å². The zero-order chi connectivity index (χ0) is 18.0. The van der Waals surface area contributed by atoms with Crippen molar-refractivity contribution in [2.75, 3.05) is 25.0 Å². The first-order chi connectivity index (χ1) is 11.9. The van der Waals surface area contributed by atoms with Crippen molar-refractivity contribution in [1.82, 2.24) is 9.88 Å². The number of likely N-dealkylation sites (tertiary alicyclic amines) is 1. The minimum Gasteiger partial charge on any atom is -0.465 e. The maximum absolute atomic E-state index is 14.0. The van der Waals surface area contributed by atoms with Crippen molar-refractivity contribution in [2.24, 2.45) is 0 Å². The van der Waals surface area contributed by atoms with E-state index < -0.39 is 17.5 Å². The molecule has 0 unspecified atom stereocenters. The summed E-state index contributed by atoms with van der Waals surface area (Å²) in [7, 11) is 0. The van der Waals surface area contributed by atoms with Gasteiger partial charge in [0.2, 0.25) is 0 Å². The Kier molecular flexibility index (Phi) is 5.03. The van der Waals surface area contributed by atoms with E-state index >= 15 is 0 Å². The summed E-state index contributed by atoms with van der Waals surface area (Å²) in [5.41, 5.74) is -0.420. The molecule has 3 N–H and O–H groups in total. The number of nitrogens with one attached hydrogen (secondary N) is 1. The average molecular weight is 365 g/mol. The first-order valence-electron chi connectivity index (χ1n) is 8.12. The second kappa shape index (κ2) is 7.07. The molecule has 0 radical (unpaired) electrons. The fraction of sp³-hybridized carbons (Fsp3) is 0.412. The number of thiazole rings is 1. The van der Waals surface area contributed by atoms with Crippen molar-refractivity contribution in [2.45, 2.75) is 25.4 Å². The van der Waals surface area contributed by atoms with E-state index in [1.54, 1.807) is 12.3 Å². The summed E-state index contributed by atoms with van der Waals surface area (Å²) in [4.78, 5) is 18.0. The van der Waals surface area contributed by atoms with Gasteiger partial charge in [0.25, 0.3) is 0 Å². The minimum absolute atomic E-state index is 0.0912. The Morgan fingerprint density at radius 2 is 2.16 bits per heavy atom. The van der Waals surface area contributed by atoms with Gasteiger partial charge in [-0.2, -0.15) is 0 Å². The average Bonchev–Trinajstić information content (AvgIpc) is 3.08. The van der Waals surface area contributed by atoms with Gasteiger partial charge in [0.1, 0.15) is 16.4 Å². The summed E-state index contributed by atoms with van der Waals surface area (Å²) in [6, 6.07) is 4.29. The third-order valence-corrected chi connectivity index (χ3v) is 5.77. The van der Waals surface area contributed by atoms with Crippen molar-refractivity contribution in [1.29, 1.82) is 0 Å². The lowest BCUT2D eigenvalue weighted by Gasteiger charge is -2.36. The number of hydrogen-bond donors (Lipinski definition) is 3. The van der Waals surface area contributed by atoms with E-state index in [9.17, 15) is 14.3 Å². The first kappa shape index (κ1) is 17.8. The first-order valence-corrected chi connectivity index (χ1v) is 8.94. The Labute approximate surface area is 148 Å². The molecule has 0 aliphatic carbocycles. The molecule has 0 atom stereocenters. The monoisotopic (exact) mass is 365 g/mol. The molecule has 6 nitrogen and oxygen atoms in total.